The van der Waals surface area contributed by atoms with E-state index in [1.165, 1.54) is 12.1 Å². The van der Waals surface area contributed by atoms with Crippen molar-refractivity contribution in [3.05, 3.63) is 29.8 Å². The number of nitrogens with one attached hydrogen (secondary N) is 1. The highest BCUT2D eigenvalue weighted by Crippen LogP contribution is 2.28. The number of para-hydroxylation sites is 1. The molecule has 1 aliphatic rings. The lowest BCUT2D eigenvalue weighted by Crippen LogP contribution is -2.54. The Morgan fingerprint density at radius 1 is 1.29 bits per heavy atom. The van der Waals surface area contributed by atoms with Crippen molar-refractivity contribution < 1.29 is 18.3 Å². The van der Waals surface area contributed by atoms with Crippen LogP contribution < -0.4 is 15.8 Å². The van der Waals surface area contributed by atoms with Crippen molar-refractivity contribution in [3.8, 4) is 5.75 Å². The Kier molecular flexibility index (Phi) is 5.12. The van der Waals surface area contributed by atoms with Crippen LogP contribution in [0.5, 0.6) is 5.75 Å². The van der Waals surface area contributed by atoms with Crippen LogP contribution in [0.4, 0.5) is 8.78 Å². The second-order valence-corrected chi connectivity index (χ2v) is 5.37. The summed E-state index contributed by atoms with van der Waals surface area (Å²) in [6.45, 7) is -2.62. The smallest absolute Gasteiger partial charge is 0.387 e. The maximum absolute atomic E-state index is 12.4. The highest BCUT2D eigenvalue weighted by atomic mass is 19.3. The van der Waals surface area contributed by atoms with Crippen LogP contribution in [0.25, 0.3) is 0 Å². The van der Waals surface area contributed by atoms with Crippen LogP contribution in [0.3, 0.4) is 0 Å². The minimum absolute atomic E-state index is 0.108. The first-order valence-corrected chi connectivity index (χ1v) is 7.13. The molecular weight excluding hydrogens is 278 g/mol. The molecule has 0 heterocycles. The molecule has 1 aromatic rings. The van der Waals surface area contributed by atoms with Crippen LogP contribution in [-0.2, 0) is 0 Å². The van der Waals surface area contributed by atoms with Crippen molar-refractivity contribution in [1.29, 1.82) is 0 Å². The number of alkyl halides is 2. The highest BCUT2D eigenvalue weighted by molar-refractivity contribution is 5.97. The van der Waals surface area contributed by atoms with Crippen molar-refractivity contribution in [2.24, 2.45) is 5.73 Å². The van der Waals surface area contributed by atoms with Gasteiger partial charge in [-0.1, -0.05) is 31.4 Å². The van der Waals surface area contributed by atoms with E-state index in [1.54, 1.807) is 12.1 Å². The van der Waals surface area contributed by atoms with Crippen molar-refractivity contribution in [2.45, 2.75) is 44.3 Å². The zero-order valence-corrected chi connectivity index (χ0v) is 11.8. The number of halogens is 2. The average Bonchev–Trinajstić information content (AvgIpc) is 2.48. The molecule has 0 spiro atoms. The lowest BCUT2D eigenvalue weighted by Gasteiger charge is -2.37. The van der Waals surface area contributed by atoms with Gasteiger partial charge in [0.25, 0.3) is 5.91 Å². The lowest BCUT2D eigenvalue weighted by molar-refractivity contribution is -0.0501. The summed E-state index contributed by atoms with van der Waals surface area (Å²) < 4.78 is 29.2. The Morgan fingerprint density at radius 2 is 1.95 bits per heavy atom. The van der Waals surface area contributed by atoms with E-state index in [9.17, 15) is 13.6 Å². The minimum Gasteiger partial charge on any atom is -0.434 e. The number of ether oxygens (including phenoxy) is 1. The van der Waals surface area contributed by atoms with Gasteiger partial charge in [0.2, 0.25) is 0 Å². The molecule has 6 heteroatoms. The van der Waals surface area contributed by atoms with E-state index in [4.69, 9.17) is 5.73 Å². The fourth-order valence-electron chi connectivity index (χ4n) is 2.77. The number of benzene rings is 1. The molecule has 0 unspecified atom stereocenters. The van der Waals surface area contributed by atoms with E-state index in [0.717, 1.165) is 32.1 Å². The Labute approximate surface area is 122 Å². The lowest BCUT2D eigenvalue weighted by atomic mass is 9.81. The van der Waals surface area contributed by atoms with Gasteiger partial charge in [-0.05, 0) is 25.0 Å². The van der Waals surface area contributed by atoms with E-state index in [2.05, 4.69) is 10.1 Å². The SMILES string of the molecule is NCC1(NC(=O)c2ccccc2OC(F)F)CCCCC1. The molecule has 0 aromatic heterocycles. The summed E-state index contributed by atoms with van der Waals surface area (Å²) in [5, 5.41) is 2.92. The minimum atomic E-state index is -2.96. The Bertz CT molecular complexity index is 488. The molecule has 1 aliphatic carbocycles. The third-order valence-electron chi connectivity index (χ3n) is 3.93. The molecule has 1 aromatic carbocycles. The van der Waals surface area contributed by atoms with Gasteiger partial charge < -0.3 is 15.8 Å². The van der Waals surface area contributed by atoms with Gasteiger partial charge in [-0.2, -0.15) is 8.78 Å². The fraction of sp³-hybridized carbons (Fsp3) is 0.533. The number of hydrogen-bond acceptors (Lipinski definition) is 3. The quantitative estimate of drug-likeness (QED) is 0.878. The molecular formula is C15H20F2N2O2. The summed E-state index contributed by atoms with van der Waals surface area (Å²) in [6.07, 6.45) is 4.77. The molecule has 2 rings (SSSR count). The molecule has 0 saturated heterocycles. The van der Waals surface area contributed by atoms with Gasteiger partial charge in [-0.15, -0.1) is 0 Å². The molecule has 1 amide bonds. The topological polar surface area (TPSA) is 64.3 Å². The number of carbonyl (C=O) groups is 1. The fourth-order valence-corrected chi connectivity index (χ4v) is 2.77. The largest absolute Gasteiger partial charge is 0.434 e. The first-order valence-electron chi connectivity index (χ1n) is 7.13. The zero-order valence-electron chi connectivity index (χ0n) is 11.8. The number of carbonyl (C=O) groups excluding carboxylic acids is 1. The number of nitrogens with two attached hydrogens (primary N) is 1. The third-order valence-corrected chi connectivity index (χ3v) is 3.93. The zero-order chi connectivity index (χ0) is 15.3. The molecule has 0 aliphatic heterocycles. The van der Waals surface area contributed by atoms with Crippen molar-refractivity contribution in [3.63, 3.8) is 0 Å². The second kappa shape index (κ2) is 6.85. The normalized spacial score (nSPS) is 17.5. The molecule has 1 fully saturated rings. The number of amides is 1. The van der Waals surface area contributed by atoms with Crippen LogP contribution in [0.2, 0.25) is 0 Å². The molecule has 0 radical (unpaired) electrons. The Morgan fingerprint density at radius 3 is 2.57 bits per heavy atom. The third kappa shape index (κ3) is 3.91. The van der Waals surface area contributed by atoms with Gasteiger partial charge >= 0.3 is 6.61 Å². The van der Waals surface area contributed by atoms with Crippen LogP contribution in [-0.4, -0.2) is 24.6 Å². The van der Waals surface area contributed by atoms with Crippen LogP contribution in [0.15, 0.2) is 24.3 Å². The highest BCUT2D eigenvalue weighted by Gasteiger charge is 2.33. The van der Waals surface area contributed by atoms with Crippen molar-refractivity contribution >= 4 is 5.91 Å². The van der Waals surface area contributed by atoms with Gasteiger partial charge in [0, 0.05) is 6.54 Å². The summed E-state index contributed by atoms with van der Waals surface area (Å²) in [5.41, 5.74) is 5.49. The second-order valence-electron chi connectivity index (χ2n) is 5.37. The van der Waals surface area contributed by atoms with Crippen LogP contribution >= 0.6 is 0 Å². The van der Waals surface area contributed by atoms with Gasteiger partial charge in [-0.3, -0.25) is 4.79 Å². The average molecular weight is 298 g/mol. The van der Waals surface area contributed by atoms with E-state index in [0.29, 0.717) is 6.54 Å². The number of hydrogen-bond donors (Lipinski definition) is 2. The molecule has 0 bridgehead atoms. The molecule has 116 valence electrons. The molecule has 21 heavy (non-hydrogen) atoms. The van der Waals surface area contributed by atoms with Crippen LogP contribution in [0, 0.1) is 0 Å². The molecule has 0 atom stereocenters. The Hall–Kier alpha value is -1.69. The predicted octanol–water partition coefficient (Wildman–Crippen LogP) is 2.68. The van der Waals surface area contributed by atoms with Crippen molar-refractivity contribution in [2.75, 3.05) is 6.54 Å². The monoisotopic (exact) mass is 298 g/mol. The van der Waals surface area contributed by atoms with Crippen molar-refractivity contribution in [1.82, 2.24) is 5.32 Å². The summed E-state index contributed by atoms with van der Waals surface area (Å²) in [4.78, 5) is 12.4. The molecule has 3 N–H and O–H groups in total. The van der Waals surface area contributed by atoms with Gasteiger partial charge in [0.05, 0.1) is 11.1 Å². The van der Waals surface area contributed by atoms with Gasteiger partial charge in [-0.25, -0.2) is 0 Å². The summed E-state index contributed by atoms with van der Waals surface area (Å²) in [7, 11) is 0. The van der Waals surface area contributed by atoms with Crippen LogP contribution in [0.1, 0.15) is 42.5 Å². The van der Waals surface area contributed by atoms with E-state index < -0.39 is 18.1 Å². The Balaban J connectivity index is 2.16. The molecule has 4 nitrogen and oxygen atoms in total. The number of rotatable bonds is 5. The van der Waals surface area contributed by atoms with Gasteiger partial charge in [0.15, 0.2) is 0 Å². The predicted molar refractivity (Wildman–Crippen MR) is 75.4 cm³/mol. The maximum atomic E-state index is 12.4. The first-order chi connectivity index (χ1) is 10.1. The van der Waals surface area contributed by atoms with Gasteiger partial charge in [0.1, 0.15) is 5.75 Å². The maximum Gasteiger partial charge on any atom is 0.387 e. The summed E-state index contributed by atoms with van der Waals surface area (Å²) in [6, 6.07) is 5.99. The molecule has 1 saturated carbocycles. The van der Waals surface area contributed by atoms with E-state index in [-0.39, 0.29) is 11.3 Å². The standard InChI is InChI=1S/C15H20F2N2O2/c16-14(17)21-12-7-3-2-6-11(12)13(20)19-15(10-18)8-4-1-5-9-15/h2-3,6-7,14H,1,4-5,8-10,18H2,(H,19,20). The summed E-state index contributed by atoms with van der Waals surface area (Å²) >= 11 is 0. The van der Waals surface area contributed by atoms with E-state index in [1.807, 2.05) is 0 Å². The van der Waals surface area contributed by atoms with E-state index >= 15 is 0 Å². The summed E-state index contributed by atoms with van der Waals surface area (Å²) in [5.74, 6) is -0.536. The first kappa shape index (κ1) is 15.7.